The first-order chi connectivity index (χ1) is 14.4. The molecule has 1 aliphatic carbocycles. The van der Waals surface area contributed by atoms with Crippen LogP contribution in [0.25, 0.3) is 11.0 Å². The average molecular weight is 367 g/mol. The number of carbonyl (C=O) groups excluding carboxylic acids is 1. The molecular weight excluding hydrogens is 336 g/mol. The number of halogens is 1. The normalized spacial score (nSPS) is 25.4. The predicted molar refractivity (Wildman–Crippen MR) is 102 cm³/mol. The largest absolute Gasteiger partial charge is 0.380 e. The summed E-state index contributed by atoms with van der Waals surface area (Å²) in [5.74, 6) is -0.175. The summed E-state index contributed by atoms with van der Waals surface area (Å²) in [6.45, 7) is -3.88. The van der Waals surface area contributed by atoms with Gasteiger partial charge in [0.25, 0.3) is 0 Å². The number of pyridine rings is 2. The minimum Gasteiger partial charge on any atom is -0.380 e. The van der Waals surface area contributed by atoms with Crippen molar-refractivity contribution in [1.29, 1.82) is 0 Å². The van der Waals surface area contributed by atoms with Gasteiger partial charge in [0, 0.05) is 27.0 Å². The second-order valence-corrected chi connectivity index (χ2v) is 6.96. The molecule has 1 fully saturated rings. The molecule has 0 bridgehead atoms. The van der Waals surface area contributed by atoms with Gasteiger partial charge in [-0.05, 0) is 64.6 Å². The van der Waals surface area contributed by atoms with Crippen molar-refractivity contribution in [2.75, 3.05) is 25.8 Å². The second kappa shape index (κ2) is 7.67. The van der Waals surface area contributed by atoms with Gasteiger partial charge >= 0.3 is 0 Å². The summed E-state index contributed by atoms with van der Waals surface area (Å²) in [6.07, 6.45) is 4.29. The Morgan fingerprint density at radius 2 is 2.12 bits per heavy atom. The molecular formula is C19H25ClN4O. The SMILES string of the molecule is [2H]C([2H])([2H])N(C[C@H]1CC[C@H](Nc2c(C(C)=O)cnc3ccc(Cl)nc23)CC1)C([2H])([2H])[2H]. The van der Waals surface area contributed by atoms with E-state index in [-0.39, 0.29) is 24.3 Å². The van der Waals surface area contributed by atoms with E-state index in [4.69, 9.17) is 19.8 Å². The molecule has 0 aliphatic heterocycles. The first-order valence-corrected chi connectivity index (χ1v) is 8.74. The summed E-state index contributed by atoms with van der Waals surface area (Å²) in [5, 5.41) is 3.72. The first-order valence-electron chi connectivity index (χ1n) is 11.4. The van der Waals surface area contributed by atoms with Crippen molar-refractivity contribution >= 4 is 34.1 Å². The Bertz CT molecular complexity index is 943. The number of ketones is 1. The van der Waals surface area contributed by atoms with Gasteiger partial charge in [0.05, 0.1) is 16.8 Å². The van der Waals surface area contributed by atoms with Crippen LogP contribution in [0.4, 0.5) is 5.69 Å². The van der Waals surface area contributed by atoms with Gasteiger partial charge in [-0.2, -0.15) is 0 Å². The summed E-state index contributed by atoms with van der Waals surface area (Å²) in [4.78, 5) is 21.4. The van der Waals surface area contributed by atoms with Gasteiger partial charge < -0.3 is 10.2 Å². The predicted octanol–water partition coefficient (Wildman–Crippen LogP) is 4.02. The van der Waals surface area contributed by atoms with Crippen LogP contribution in [0.1, 0.15) is 51.2 Å². The van der Waals surface area contributed by atoms with Gasteiger partial charge in [-0.1, -0.05) is 11.6 Å². The van der Waals surface area contributed by atoms with Crippen LogP contribution in [0, 0.1) is 5.92 Å². The molecule has 2 aromatic rings. The van der Waals surface area contributed by atoms with Gasteiger partial charge in [0.1, 0.15) is 10.7 Å². The standard InChI is InChI=1S/C19H25ClN4O/c1-12(25)15-10-21-16-8-9-17(20)23-19(16)18(15)22-14-6-4-13(5-7-14)11-24(2)3/h8-10,13-14H,4-7,11H2,1-3H3,(H,21,22)/t13-,14-/i2D3,3D3. The lowest BCUT2D eigenvalue weighted by atomic mass is 9.85. The van der Waals surface area contributed by atoms with Gasteiger partial charge in [-0.3, -0.25) is 9.78 Å². The van der Waals surface area contributed by atoms with Gasteiger partial charge in [-0.25, -0.2) is 4.98 Å². The van der Waals surface area contributed by atoms with E-state index in [2.05, 4.69) is 15.3 Å². The molecule has 0 unspecified atom stereocenters. The molecule has 25 heavy (non-hydrogen) atoms. The van der Waals surface area contributed by atoms with Crippen LogP contribution in [0.3, 0.4) is 0 Å². The molecule has 1 saturated carbocycles. The van der Waals surface area contributed by atoms with Gasteiger partial charge in [0.15, 0.2) is 5.78 Å². The molecule has 2 heterocycles. The summed E-state index contributed by atoms with van der Waals surface area (Å²) < 4.78 is 45.2. The maximum Gasteiger partial charge on any atom is 0.163 e. The number of anilines is 1. The molecule has 3 rings (SSSR count). The molecule has 1 N–H and O–H groups in total. The monoisotopic (exact) mass is 366 g/mol. The topological polar surface area (TPSA) is 58.1 Å². The molecule has 2 aromatic heterocycles. The molecule has 1 aliphatic rings. The van der Waals surface area contributed by atoms with Crippen LogP contribution in [-0.2, 0) is 0 Å². The van der Waals surface area contributed by atoms with E-state index >= 15 is 0 Å². The molecule has 134 valence electrons. The van der Waals surface area contributed by atoms with E-state index in [1.807, 2.05) is 0 Å². The Kier molecular flexibility index (Phi) is 3.62. The number of Topliss-reactive ketones (excluding diaryl/α,β-unsaturated/α-hetero) is 1. The highest BCUT2D eigenvalue weighted by Crippen LogP contribution is 2.31. The van der Waals surface area contributed by atoms with Crippen LogP contribution in [0.15, 0.2) is 18.3 Å². The molecule has 0 amide bonds. The van der Waals surface area contributed by atoms with Crippen molar-refractivity contribution in [3.8, 4) is 0 Å². The summed E-state index contributed by atoms with van der Waals surface area (Å²) in [7, 11) is 0. The van der Waals surface area contributed by atoms with Crippen molar-refractivity contribution in [2.45, 2.75) is 38.6 Å². The minimum absolute atomic E-state index is 0.00618. The van der Waals surface area contributed by atoms with Crippen molar-refractivity contribution < 1.29 is 13.0 Å². The molecule has 5 nitrogen and oxygen atoms in total. The third-order valence-electron chi connectivity index (χ3n) is 4.69. The average Bonchev–Trinajstić information content (AvgIpc) is 2.65. The molecule has 0 saturated heterocycles. The van der Waals surface area contributed by atoms with Crippen molar-refractivity contribution in [2.24, 2.45) is 5.92 Å². The number of carbonyl (C=O) groups is 1. The fourth-order valence-corrected chi connectivity index (χ4v) is 3.55. The highest BCUT2D eigenvalue weighted by Gasteiger charge is 2.24. The highest BCUT2D eigenvalue weighted by molar-refractivity contribution is 6.30. The number of hydrogen-bond donors (Lipinski definition) is 1. The molecule has 0 aromatic carbocycles. The van der Waals surface area contributed by atoms with Crippen LogP contribution >= 0.6 is 11.6 Å². The van der Waals surface area contributed by atoms with E-state index in [0.717, 1.165) is 0 Å². The third kappa shape index (κ3) is 4.28. The Labute approximate surface area is 162 Å². The highest BCUT2D eigenvalue weighted by atomic mass is 35.5. The van der Waals surface area contributed by atoms with Crippen molar-refractivity contribution in [3.63, 3.8) is 0 Å². The zero-order chi connectivity index (χ0) is 23.0. The number of hydrogen-bond acceptors (Lipinski definition) is 5. The minimum atomic E-state index is -2.67. The fourth-order valence-electron chi connectivity index (χ4n) is 3.41. The quantitative estimate of drug-likeness (QED) is 0.639. The zero-order valence-corrected chi connectivity index (χ0v) is 14.8. The summed E-state index contributed by atoms with van der Waals surface area (Å²) >= 11 is 6.06. The van der Waals surface area contributed by atoms with E-state index in [1.54, 1.807) is 12.1 Å². The fraction of sp³-hybridized carbons (Fsp3) is 0.526. The van der Waals surface area contributed by atoms with E-state index < -0.39 is 14.0 Å². The maximum absolute atomic E-state index is 12.1. The number of fused-ring (bicyclic) bond motifs is 1. The van der Waals surface area contributed by atoms with E-state index in [1.165, 1.54) is 13.1 Å². The first kappa shape index (κ1) is 11.8. The summed E-state index contributed by atoms with van der Waals surface area (Å²) in [5.41, 5.74) is 2.17. The maximum atomic E-state index is 12.1. The van der Waals surface area contributed by atoms with Crippen LogP contribution in [-0.4, -0.2) is 47.2 Å². The van der Waals surface area contributed by atoms with Crippen molar-refractivity contribution in [3.05, 3.63) is 29.0 Å². The van der Waals surface area contributed by atoms with Crippen LogP contribution in [0.5, 0.6) is 0 Å². The van der Waals surface area contributed by atoms with E-state index in [9.17, 15) is 4.79 Å². The van der Waals surface area contributed by atoms with Crippen LogP contribution < -0.4 is 5.32 Å². The molecule has 0 spiro atoms. The number of nitrogens with one attached hydrogen (secondary N) is 1. The smallest absolute Gasteiger partial charge is 0.163 e. The molecule has 6 heteroatoms. The van der Waals surface area contributed by atoms with Gasteiger partial charge in [-0.15, -0.1) is 0 Å². The lowest BCUT2D eigenvalue weighted by Crippen LogP contribution is -2.31. The van der Waals surface area contributed by atoms with Crippen LogP contribution in [0.2, 0.25) is 5.15 Å². The lowest BCUT2D eigenvalue weighted by Gasteiger charge is -2.31. The zero-order valence-electron chi connectivity index (χ0n) is 20.1. The summed E-state index contributed by atoms with van der Waals surface area (Å²) in [6, 6.07) is 3.42. The number of rotatable bonds is 5. The Morgan fingerprint density at radius 1 is 1.36 bits per heavy atom. The second-order valence-electron chi connectivity index (χ2n) is 6.58. The third-order valence-corrected chi connectivity index (χ3v) is 4.90. The number of nitrogens with zero attached hydrogens (tertiary/aromatic N) is 3. The van der Waals surface area contributed by atoms with Crippen molar-refractivity contribution in [1.82, 2.24) is 14.9 Å². The number of aromatic nitrogens is 2. The van der Waals surface area contributed by atoms with E-state index in [0.29, 0.717) is 58.0 Å². The Hall–Kier alpha value is -1.72. The lowest BCUT2D eigenvalue weighted by molar-refractivity contribution is 0.101. The Balaban J connectivity index is 1.74. The van der Waals surface area contributed by atoms with Gasteiger partial charge in [0.2, 0.25) is 0 Å². The Morgan fingerprint density at radius 3 is 2.80 bits per heavy atom. The molecule has 0 atom stereocenters. The molecule has 0 radical (unpaired) electrons.